The van der Waals surface area contributed by atoms with E-state index in [1.165, 1.54) is 6.92 Å². The Kier molecular flexibility index (Phi) is 7.39. The van der Waals surface area contributed by atoms with Crippen LogP contribution in [0.25, 0.3) is 6.08 Å². The van der Waals surface area contributed by atoms with Gasteiger partial charge in [-0.15, -0.1) is 0 Å². The van der Waals surface area contributed by atoms with E-state index in [-0.39, 0.29) is 11.5 Å². The minimum atomic E-state index is -0.508. The summed E-state index contributed by atoms with van der Waals surface area (Å²) in [6.45, 7) is 1.47. The van der Waals surface area contributed by atoms with E-state index in [1.807, 2.05) is 0 Å². The lowest BCUT2D eigenvalue weighted by atomic mass is 10.1. The van der Waals surface area contributed by atoms with Crippen LogP contribution in [0.3, 0.4) is 0 Å². The van der Waals surface area contributed by atoms with Gasteiger partial charge in [-0.05, 0) is 83.0 Å². The van der Waals surface area contributed by atoms with Gasteiger partial charge in [0.05, 0.1) is 5.56 Å². The van der Waals surface area contributed by atoms with Gasteiger partial charge in [0.2, 0.25) is 0 Å². The highest BCUT2D eigenvalue weighted by Crippen LogP contribution is 2.18. The van der Waals surface area contributed by atoms with Crippen LogP contribution >= 0.6 is 27.5 Å². The summed E-state index contributed by atoms with van der Waals surface area (Å²) in [5.41, 5.74) is 2.17. The maximum atomic E-state index is 13.0. The summed E-state index contributed by atoms with van der Waals surface area (Å²) < 4.78 is 0.610. The molecule has 0 aliphatic carbocycles. The molecule has 7 heteroatoms. The van der Waals surface area contributed by atoms with Crippen molar-refractivity contribution in [1.29, 1.82) is 0 Å². The Bertz CT molecular complexity index is 1160. The summed E-state index contributed by atoms with van der Waals surface area (Å²) in [6, 6.07) is 20.3. The van der Waals surface area contributed by atoms with Crippen molar-refractivity contribution in [3.05, 3.63) is 105 Å². The Labute approximate surface area is 193 Å². The van der Waals surface area contributed by atoms with E-state index in [0.29, 0.717) is 31.9 Å². The fraction of sp³-hybridized carbons (Fsp3) is 0.0417. The maximum absolute atomic E-state index is 13.0. The van der Waals surface area contributed by atoms with Crippen LogP contribution in [0, 0.1) is 0 Å². The van der Waals surface area contributed by atoms with Crippen molar-refractivity contribution in [1.82, 2.24) is 5.32 Å². The van der Waals surface area contributed by atoms with Crippen molar-refractivity contribution in [2.45, 2.75) is 6.92 Å². The van der Waals surface area contributed by atoms with Gasteiger partial charge in [-0.25, -0.2) is 0 Å². The first-order valence-electron chi connectivity index (χ1n) is 9.29. The number of nitrogens with one attached hydrogen (secondary N) is 2. The molecule has 0 bridgehead atoms. The van der Waals surface area contributed by atoms with Crippen LogP contribution in [0.5, 0.6) is 0 Å². The maximum Gasteiger partial charge on any atom is 0.272 e. The largest absolute Gasteiger partial charge is 0.321 e. The van der Waals surface area contributed by atoms with E-state index in [9.17, 15) is 14.4 Å². The van der Waals surface area contributed by atoms with Gasteiger partial charge in [-0.1, -0.05) is 35.9 Å². The highest BCUT2D eigenvalue weighted by molar-refractivity contribution is 9.10. The summed E-state index contributed by atoms with van der Waals surface area (Å²) in [4.78, 5) is 37.2. The zero-order valence-electron chi connectivity index (χ0n) is 16.5. The van der Waals surface area contributed by atoms with E-state index in [0.717, 1.165) is 0 Å². The van der Waals surface area contributed by atoms with E-state index >= 15 is 0 Å². The normalized spacial score (nSPS) is 11.0. The highest BCUT2D eigenvalue weighted by atomic mass is 79.9. The Morgan fingerprint density at radius 3 is 2.16 bits per heavy atom. The highest BCUT2D eigenvalue weighted by Gasteiger charge is 2.17. The fourth-order valence-corrected chi connectivity index (χ4v) is 3.30. The van der Waals surface area contributed by atoms with Gasteiger partial charge in [-0.2, -0.15) is 0 Å². The molecule has 3 rings (SSSR count). The third kappa shape index (κ3) is 6.13. The second kappa shape index (κ2) is 10.2. The topological polar surface area (TPSA) is 75.3 Å². The van der Waals surface area contributed by atoms with Crippen molar-refractivity contribution in [3.8, 4) is 0 Å². The fourth-order valence-electron chi connectivity index (χ4n) is 2.71. The van der Waals surface area contributed by atoms with Crippen molar-refractivity contribution in [2.75, 3.05) is 5.32 Å². The monoisotopic (exact) mass is 496 g/mol. The number of anilines is 1. The lowest BCUT2D eigenvalue weighted by molar-refractivity contribution is -0.113. The molecule has 0 radical (unpaired) electrons. The van der Waals surface area contributed by atoms with Crippen molar-refractivity contribution >= 4 is 56.9 Å². The van der Waals surface area contributed by atoms with Gasteiger partial charge in [0.15, 0.2) is 5.78 Å². The van der Waals surface area contributed by atoms with E-state index in [4.69, 9.17) is 11.6 Å². The van der Waals surface area contributed by atoms with E-state index in [2.05, 4.69) is 26.6 Å². The van der Waals surface area contributed by atoms with Crippen molar-refractivity contribution in [3.63, 3.8) is 0 Å². The molecule has 0 fully saturated rings. The Balaban J connectivity index is 1.88. The summed E-state index contributed by atoms with van der Waals surface area (Å²) in [5, 5.41) is 5.98. The van der Waals surface area contributed by atoms with Gasteiger partial charge in [0, 0.05) is 20.7 Å². The molecule has 5 nitrogen and oxygen atoms in total. The third-order valence-corrected chi connectivity index (χ3v) is 5.29. The zero-order valence-corrected chi connectivity index (χ0v) is 18.8. The van der Waals surface area contributed by atoms with Crippen molar-refractivity contribution < 1.29 is 14.4 Å². The number of carbonyl (C=O) groups is 3. The smallest absolute Gasteiger partial charge is 0.272 e. The second-order valence-corrected chi connectivity index (χ2v) is 7.92. The average Bonchev–Trinajstić information content (AvgIpc) is 2.75. The number of benzene rings is 3. The zero-order chi connectivity index (χ0) is 22.4. The summed E-state index contributed by atoms with van der Waals surface area (Å²) in [5.74, 6) is -1.01. The van der Waals surface area contributed by atoms with Crippen LogP contribution in [0.1, 0.15) is 33.2 Å². The van der Waals surface area contributed by atoms with Crippen LogP contribution in [-0.4, -0.2) is 17.6 Å². The number of halogens is 2. The number of amides is 2. The summed E-state index contributed by atoms with van der Waals surface area (Å²) in [6.07, 6.45) is 1.56. The molecule has 0 aromatic heterocycles. The number of rotatable bonds is 6. The third-order valence-electron chi connectivity index (χ3n) is 4.34. The number of Topliss-reactive ketones (excluding diaryl/α,β-unsaturated/α-hetero) is 1. The molecular formula is C24H18BrClN2O3. The summed E-state index contributed by atoms with van der Waals surface area (Å²) >= 11 is 9.28. The first-order valence-corrected chi connectivity index (χ1v) is 10.5. The lowest BCUT2D eigenvalue weighted by Crippen LogP contribution is -2.31. The molecule has 2 N–H and O–H groups in total. The van der Waals surface area contributed by atoms with Gasteiger partial charge >= 0.3 is 0 Å². The molecule has 0 unspecified atom stereocenters. The Morgan fingerprint density at radius 2 is 1.55 bits per heavy atom. The number of hydrogen-bond acceptors (Lipinski definition) is 3. The van der Waals surface area contributed by atoms with Crippen LogP contribution in [0.2, 0.25) is 5.02 Å². The molecule has 0 heterocycles. The van der Waals surface area contributed by atoms with Gasteiger partial charge in [-0.3, -0.25) is 14.4 Å². The molecule has 0 spiro atoms. The molecule has 2 amide bonds. The molecule has 0 aliphatic rings. The van der Waals surface area contributed by atoms with Crippen molar-refractivity contribution in [2.24, 2.45) is 0 Å². The molecular weight excluding hydrogens is 480 g/mol. The van der Waals surface area contributed by atoms with Crippen LogP contribution in [-0.2, 0) is 4.79 Å². The molecule has 3 aromatic rings. The molecule has 0 saturated heterocycles. The van der Waals surface area contributed by atoms with Crippen LogP contribution in [0.4, 0.5) is 5.69 Å². The predicted octanol–water partition coefficient (Wildman–Crippen LogP) is 5.71. The average molecular weight is 498 g/mol. The van der Waals surface area contributed by atoms with Gasteiger partial charge in [0.25, 0.3) is 11.8 Å². The molecule has 156 valence electrons. The SMILES string of the molecule is CC(=O)c1ccc(NC(=O)/C(=C\c2ccc(Cl)cc2)NC(=O)c2ccccc2Br)cc1. The van der Waals surface area contributed by atoms with E-state index < -0.39 is 11.8 Å². The first kappa shape index (κ1) is 22.5. The lowest BCUT2D eigenvalue weighted by Gasteiger charge is -2.12. The van der Waals surface area contributed by atoms with Crippen LogP contribution in [0.15, 0.2) is 83.0 Å². The number of ketones is 1. The second-order valence-electron chi connectivity index (χ2n) is 6.63. The molecule has 31 heavy (non-hydrogen) atoms. The minimum Gasteiger partial charge on any atom is -0.321 e. The minimum absolute atomic E-state index is 0.0544. The standard InChI is InChI=1S/C24H18BrClN2O3/c1-15(29)17-8-12-19(13-9-17)27-24(31)22(14-16-6-10-18(26)11-7-16)28-23(30)20-4-2-3-5-21(20)25/h2-14H,1H3,(H,27,31)(H,28,30)/b22-14+. The first-order chi connectivity index (χ1) is 14.8. The summed E-state index contributed by atoms with van der Waals surface area (Å²) in [7, 11) is 0. The molecule has 0 atom stereocenters. The van der Waals surface area contributed by atoms with E-state index in [1.54, 1.807) is 78.9 Å². The quantitative estimate of drug-likeness (QED) is 0.338. The molecule has 0 saturated carbocycles. The number of hydrogen-bond donors (Lipinski definition) is 2. The molecule has 3 aromatic carbocycles. The molecule has 0 aliphatic heterocycles. The Morgan fingerprint density at radius 1 is 0.903 bits per heavy atom. The Hall–Kier alpha value is -3.22. The van der Waals surface area contributed by atoms with Gasteiger partial charge in [0.1, 0.15) is 5.70 Å². The van der Waals surface area contributed by atoms with Crippen LogP contribution < -0.4 is 10.6 Å². The number of carbonyl (C=O) groups excluding carboxylic acids is 3. The predicted molar refractivity (Wildman–Crippen MR) is 126 cm³/mol. The van der Waals surface area contributed by atoms with Gasteiger partial charge < -0.3 is 10.6 Å².